The zero-order valence-electron chi connectivity index (χ0n) is 18.1. The summed E-state index contributed by atoms with van der Waals surface area (Å²) in [5.41, 5.74) is 3.90. The maximum absolute atomic E-state index is 13.2. The molecule has 0 aliphatic heterocycles. The lowest BCUT2D eigenvalue weighted by molar-refractivity contribution is -0.115. The number of fused-ring (bicyclic) bond motifs is 3. The number of carbonyl (C=O) groups excluding carboxylic acids is 1. The summed E-state index contributed by atoms with van der Waals surface area (Å²) in [6.45, 7) is 4.63. The molecule has 1 aromatic carbocycles. The molecule has 0 saturated heterocycles. The third kappa shape index (κ3) is 4.25. The molecule has 32 heavy (non-hydrogen) atoms. The number of thiophene rings is 1. The molecule has 0 saturated carbocycles. The highest BCUT2D eigenvalue weighted by Crippen LogP contribution is 2.35. The van der Waals surface area contributed by atoms with Gasteiger partial charge in [0.1, 0.15) is 9.84 Å². The first kappa shape index (κ1) is 21.0. The van der Waals surface area contributed by atoms with Crippen LogP contribution in [0, 0.1) is 12.8 Å². The molecule has 164 valence electrons. The van der Waals surface area contributed by atoms with Gasteiger partial charge < -0.3 is 5.32 Å². The minimum absolute atomic E-state index is 0.00807. The van der Waals surface area contributed by atoms with E-state index in [0.29, 0.717) is 12.5 Å². The summed E-state index contributed by atoms with van der Waals surface area (Å²) in [6, 6.07) is 7.70. The molecule has 0 radical (unpaired) electrons. The van der Waals surface area contributed by atoms with E-state index in [-0.39, 0.29) is 17.9 Å². The normalized spacial score (nSPS) is 15.6. The van der Waals surface area contributed by atoms with Gasteiger partial charge in [0.2, 0.25) is 5.91 Å². The fourth-order valence-electron chi connectivity index (χ4n) is 4.14. The Hall–Kier alpha value is -2.84. The van der Waals surface area contributed by atoms with Crippen molar-refractivity contribution in [2.45, 2.75) is 46.1 Å². The van der Waals surface area contributed by atoms with Gasteiger partial charge >= 0.3 is 0 Å². The molecule has 0 fully saturated rings. The molecule has 1 aliphatic carbocycles. The molecule has 8 heteroatoms. The molecule has 5 rings (SSSR count). The predicted molar refractivity (Wildman–Crippen MR) is 130 cm³/mol. The number of carbonyl (C=O) groups is 1. The van der Waals surface area contributed by atoms with Gasteiger partial charge in [-0.15, -0.1) is 22.7 Å². The Balaban J connectivity index is 1.31. The lowest BCUT2D eigenvalue weighted by Gasteiger charge is -2.17. The van der Waals surface area contributed by atoms with Crippen LogP contribution in [-0.4, -0.2) is 20.4 Å². The van der Waals surface area contributed by atoms with Crippen LogP contribution in [0.5, 0.6) is 0 Å². The van der Waals surface area contributed by atoms with Gasteiger partial charge in [-0.05, 0) is 49.8 Å². The van der Waals surface area contributed by atoms with Crippen LogP contribution in [0.25, 0.3) is 10.2 Å². The Morgan fingerprint density at radius 2 is 2.09 bits per heavy atom. The first-order chi connectivity index (χ1) is 15.5. The zero-order valence-corrected chi connectivity index (χ0v) is 19.7. The molecule has 1 unspecified atom stereocenters. The highest BCUT2D eigenvalue weighted by atomic mass is 32.1. The van der Waals surface area contributed by atoms with E-state index < -0.39 is 0 Å². The predicted octanol–water partition coefficient (Wildman–Crippen LogP) is 4.58. The quantitative estimate of drug-likeness (QED) is 0.469. The van der Waals surface area contributed by atoms with Crippen LogP contribution < -0.4 is 10.9 Å². The molecular weight excluding hydrogens is 440 g/mol. The van der Waals surface area contributed by atoms with Gasteiger partial charge in [0.15, 0.2) is 0 Å². The summed E-state index contributed by atoms with van der Waals surface area (Å²) in [4.78, 5) is 36.9. The van der Waals surface area contributed by atoms with E-state index >= 15 is 0 Å². The third-order valence-electron chi connectivity index (χ3n) is 5.86. The summed E-state index contributed by atoms with van der Waals surface area (Å²) < 4.78 is 1.64. The summed E-state index contributed by atoms with van der Waals surface area (Å²) in [7, 11) is 0. The second kappa shape index (κ2) is 8.60. The number of aryl methyl sites for hydroxylation is 2. The van der Waals surface area contributed by atoms with E-state index in [0.717, 1.165) is 51.4 Å². The van der Waals surface area contributed by atoms with E-state index in [9.17, 15) is 9.59 Å². The van der Waals surface area contributed by atoms with Crippen molar-refractivity contribution < 1.29 is 4.79 Å². The van der Waals surface area contributed by atoms with Crippen molar-refractivity contribution in [1.82, 2.24) is 14.5 Å². The van der Waals surface area contributed by atoms with Gasteiger partial charge in [-0.1, -0.05) is 24.6 Å². The number of rotatable bonds is 5. The molecule has 1 amide bonds. The lowest BCUT2D eigenvalue weighted by atomic mass is 9.89. The van der Waals surface area contributed by atoms with E-state index in [4.69, 9.17) is 0 Å². The smallest absolute Gasteiger partial charge is 0.262 e. The van der Waals surface area contributed by atoms with Crippen LogP contribution in [-0.2, 0) is 30.6 Å². The Labute approximate surface area is 194 Å². The number of amides is 1. The fourth-order valence-corrected chi connectivity index (χ4v) is 6.26. The summed E-state index contributed by atoms with van der Waals surface area (Å²) in [6.07, 6.45) is 4.94. The molecule has 4 aromatic rings. The SMILES string of the molecule is Cc1ccc(NC(=O)Cc2nc(Cn3cnc4sc5c(c4c3=O)CCC(C)C5)cs2)cc1. The minimum Gasteiger partial charge on any atom is -0.326 e. The van der Waals surface area contributed by atoms with Gasteiger partial charge in [-0.3, -0.25) is 14.2 Å². The number of hydrogen-bond donors (Lipinski definition) is 1. The average Bonchev–Trinajstić information content (AvgIpc) is 3.35. The molecular formula is C24H24N4O2S2. The van der Waals surface area contributed by atoms with Crippen LogP contribution >= 0.6 is 22.7 Å². The Kier molecular flexibility index (Phi) is 5.65. The maximum Gasteiger partial charge on any atom is 0.262 e. The molecule has 3 heterocycles. The number of hydrogen-bond acceptors (Lipinski definition) is 6. The van der Waals surface area contributed by atoms with Gasteiger partial charge in [-0.25, -0.2) is 9.97 Å². The second-order valence-corrected chi connectivity index (χ2v) is 10.6. The van der Waals surface area contributed by atoms with Crippen molar-refractivity contribution in [3.8, 4) is 0 Å². The van der Waals surface area contributed by atoms with Gasteiger partial charge in [-0.2, -0.15) is 0 Å². The van der Waals surface area contributed by atoms with E-state index in [2.05, 4.69) is 22.2 Å². The second-order valence-electron chi connectivity index (χ2n) is 8.53. The highest BCUT2D eigenvalue weighted by Gasteiger charge is 2.23. The van der Waals surface area contributed by atoms with Crippen LogP contribution in [0.2, 0.25) is 0 Å². The number of benzene rings is 1. The fraction of sp³-hybridized carbons (Fsp3) is 0.333. The first-order valence-corrected chi connectivity index (χ1v) is 12.5. The summed E-state index contributed by atoms with van der Waals surface area (Å²) in [5.74, 6) is 0.559. The standard InChI is InChI=1S/C24H24N4O2S2/c1-14-3-6-16(7-4-14)26-20(29)10-21-27-17(12-31-21)11-28-13-25-23-22(24(28)30)18-8-5-15(2)9-19(18)32-23/h3-4,6-7,12-13,15H,5,8-11H2,1-2H3,(H,26,29). The molecule has 6 nitrogen and oxygen atoms in total. The maximum atomic E-state index is 13.2. The van der Waals surface area contributed by atoms with Crippen molar-refractivity contribution in [1.29, 1.82) is 0 Å². The van der Waals surface area contributed by atoms with E-state index in [1.165, 1.54) is 21.8 Å². The van der Waals surface area contributed by atoms with Crippen LogP contribution in [0.3, 0.4) is 0 Å². The van der Waals surface area contributed by atoms with Crippen LogP contribution in [0.15, 0.2) is 40.8 Å². The molecule has 0 spiro atoms. The summed E-state index contributed by atoms with van der Waals surface area (Å²) in [5, 5.41) is 6.33. The Morgan fingerprint density at radius 1 is 1.28 bits per heavy atom. The number of nitrogens with one attached hydrogen (secondary N) is 1. The van der Waals surface area contributed by atoms with Crippen molar-refractivity contribution in [3.63, 3.8) is 0 Å². The van der Waals surface area contributed by atoms with Crippen molar-refractivity contribution in [2.24, 2.45) is 5.92 Å². The molecule has 1 atom stereocenters. The average molecular weight is 465 g/mol. The summed E-state index contributed by atoms with van der Waals surface area (Å²) >= 11 is 3.10. The van der Waals surface area contributed by atoms with Crippen molar-refractivity contribution in [3.05, 3.63) is 73.0 Å². The topological polar surface area (TPSA) is 76.9 Å². The molecule has 3 aromatic heterocycles. The molecule has 1 aliphatic rings. The van der Waals surface area contributed by atoms with Crippen molar-refractivity contribution >= 4 is 44.5 Å². The van der Waals surface area contributed by atoms with Gasteiger partial charge in [0.05, 0.1) is 30.4 Å². The zero-order chi connectivity index (χ0) is 22.2. The number of thiazole rings is 1. The number of nitrogens with zero attached hydrogens (tertiary/aromatic N) is 3. The van der Waals surface area contributed by atoms with Crippen molar-refractivity contribution in [2.75, 3.05) is 5.32 Å². The van der Waals surface area contributed by atoms with E-state index in [1.807, 2.05) is 36.6 Å². The number of aromatic nitrogens is 3. The molecule has 0 bridgehead atoms. The highest BCUT2D eigenvalue weighted by molar-refractivity contribution is 7.18. The minimum atomic E-state index is -0.103. The Bertz CT molecular complexity index is 1350. The van der Waals surface area contributed by atoms with E-state index in [1.54, 1.807) is 22.2 Å². The monoisotopic (exact) mass is 464 g/mol. The van der Waals surface area contributed by atoms with Crippen LogP contribution in [0.1, 0.15) is 40.1 Å². The van der Waals surface area contributed by atoms with Crippen LogP contribution in [0.4, 0.5) is 5.69 Å². The van der Waals surface area contributed by atoms with Gasteiger partial charge in [0.25, 0.3) is 5.56 Å². The Morgan fingerprint density at radius 3 is 2.91 bits per heavy atom. The first-order valence-electron chi connectivity index (χ1n) is 10.8. The third-order valence-corrected chi connectivity index (χ3v) is 7.92. The largest absolute Gasteiger partial charge is 0.326 e. The molecule has 1 N–H and O–H groups in total. The van der Waals surface area contributed by atoms with Gasteiger partial charge in [0, 0.05) is 15.9 Å². The lowest BCUT2D eigenvalue weighted by Crippen LogP contribution is -2.22. The number of anilines is 1.